The number of aromatic nitrogens is 2. The quantitative estimate of drug-likeness (QED) is 0.337. The van der Waals surface area contributed by atoms with Gasteiger partial charge in [-0.25, -0.2) is 10.5 Å². The van der Waals surface area contributed by atoms with Crippen LogP contribution in [0.5, 0.6) is 0 Å². The molecule has 0 aliphatic heterocycles. The summed E-state index contributed by atoms with van der Waals surface area (Å²) in [7, 11) is 0. The lowest BCUT2D eigenvalue weighted by Gasteiger charge is -1.96. The molecule has 1 aromatic heterocycles. The fraction of sp³-hybridized carbons (Fsp3) is 0. The highest BCUT2D eigenvalue weighted by molar-refractivity contribution is 7.74. The minimum absolute atomic E-state index is 0.274. The van der Waals surface area contributed by atoms with E-state index in [4.69, 9.17) is 4.55 Å². The number of hydrogen-bond donors (Lipinski definition) is 3. The van der Waals surface area contributed by atoms with Gasteiger partial charge < -0.3 is 4.98 Å². The number of hydrogen-bond acceptors (Lipinski definition) is 5. The summed E-state index contributed by atoms with van der Waals surface area (Å²) in [6, 6.07) is 0. The van der Waals surface area contributed by atoms with E-state index in [0.717, 1.165) is 0 Å². The van der Waals surface area contributed by atoms with Crippen molar-refractivity contribution in [1.82, 2.24) is 9.97 Å². The van der Waals surface area contributed by atoms with Gasteiger partial charge in [0.25, 0.3) is 0 Å². The summed E-state index contributed by atoms with van der Waals surface area (Å²) < 4.78 is 21.6. The van der Waals surface area contributed by atoms with Crippen LogP contribution in [0.25, 0.3) is 0 Å². The first-order chi connectivity index (χ1) is 5.29. The molecule has 7 nitrogen and oxygen atoms in total. The van der Waals surface area contributed by atoms with Crippen molar-refractivity contribution in [2.75, 3.05) is 5.48 Å². The molecule has 1 atom stereocenters. The highest BCUT2D eigenvalue weighted by atomic mass is 32.2. The molecular weight excluding hydrogens is 174 g/mol. The van der Waals surface area contributed by atoms with Crippen LogP contribution in [0.3, 0.4) is 0 Å². The van der Waals surface area contributed by atoms with Gasteiger partial charge >= 0.3 is 11.4 Å². The van der Waals surface area contributed by atoms with E-state index < -0.39 is 11.4 Å². The van der Waals surface area contributed by atoms with Crippen molar-refractivity contribution >= 4 is 17.3 Å². The lowest BCUT2D eigenvalue weighted by Crippen LogP contribution is -2.05. The molecule has 0 bridgehead atoms. The lowest BCUT2D eigenvalue weighted by atomic mass is 11.0. The topological polar surface area (TPSA) is 96.5 Å². The summed E-state index contributed by atoms with van der Waals surface area (Å²) in [5.41, 5.74) is 2.11. The molecule has 1 aromatic rings. The predicted molar refractivity (Wildman–Crippen MR) is 35.2 cm³/mol. The monoisotopic (exact) mass is 179 g/mol. The zero-order valence-corrected chi connectivity index (χ0v) is 6.00. The third kappa shape index (κ3) is 3.09. The maximum atomic E-state index is 9.82. The Bertz CT molecular complexity index is 224. The Morgan fingerprint density at radius 1 is 1.82 bits per heavy atom. The van der Waals surface area contributed by atoms with Crippen LogP contribution in [0.1, 0.15) is 0 Å². The maximum absolute atomic E-state index is 9.82. The summed E-state index contributed by atoms with van der Waals surface area (Å²) in [6.07, 6.45) is 3.02. The summed E-state index contributed by atoms with van der Waals surface area (Å²) >= 11 is -2.45. The van der Waals surface area contributed by atoms with Crippen molar-refractivity contribution in [3.05, 3.63) is 12.4 Å². The van der Waals surface area contributed by atoms with Crippen LogP contribution in [0.4, 0.5) is 5.95 Å². The number of aromatic amines is 1. The highest BCUT2D eigenvalue weighted by Crippen LogP contribution is 1.94. The van der Waals surface area contributed by atoms with E-state index in [1.807, 2.05) is 0 Å². The number of nitrogens with zero attached hydrogens (tertiary/aromatic N) is 1. The zero-order valence-electron chi connectivity index (χ0n) is 5.18. The molecule has 1 rings (SSSR count). The van der Waals surface area contributed by atoms with E-state index in [1.54, 1.807) is 6.20 Å². The minimum Gasteiger partial charge on any atom is -0.329 e. The van der Waals surface area contributed by atoms with Crippen LogP contribution < -0.4 is 5.48 Å². The van der Waals surface area contributed by atoms with Crippen LogP contribution in [-0.4, -0.2) is 18.7 Å². The van der Waals surface area contributed by atoms with E-state index in [2.05, 4.69) is 24.8 Å². The molecule has 0 saturated carbocycles. The number of H-pyrrole nitrogens is 1. The zero-order chi connectivity index (χ0) is 8.10. The first-order valence-electron chi connectivity index (χ1n) is 2.49. The van der Waals surface area contributed by atoms with Gasteiger partial charge in [0.05, 0.1) is 0 Å². The third-order valence-electron chi connectivity index (χ3n) is 0.729. The first kappa shape index (κ1) is 8.14. The molecule has 0 spiro atoms. The third-order valence-corrected chi connectivity index (χ3v) is 0.913. The van der Waals surface area contributed by atoms with Crippen molar-refractivity contribution in [2.24, 2.45) is 0 Å². The number of imidazole rings is 1. The minimum atomic E-state index is -2.45. The van der Waals surface area contributed by atoms with E-state index >= 15 is 0 Å². The molecule has 62 valence electrons. The van der Waals surface area contributed by atoms with E-state index in [1.165, 1.54) is 6.20 Å². The average Bonchev–Trinajstić information content (AvgIpc) is 2.39. The Balaban J connectivity index is 2.19. The standard InChI is InChI=1S/C3H5N3O4S/c7-11(8)10-9-6-3-4-1-2-5-3/h1-2H,(H,7,8)(H2,4,5,6). The molecule has 1 unspecified atom stereocenters. The van der Waals surface area contributed by atoms with Gasteiger partial charge in [-0.2, -0.15) is 4.21 Å². The van der Waals surface area contributed by atoms with Crippen LogP contribution in [0.15, 0.2) is 12.4 Å². The summed E-state index contributed by atoms with van der Waals surface area (Å²) in [6.45, 7) is 0. The maximum Gasteiger partial charge on any atom is 0.332 e. The Kier molecular flexibility index (Phi) is 2.98. The molecule has 0 fully saturated rings. The van der Waals surface area contributed by atoms with Gasteiger partial charge in [-0.15, -0.1) is 0 Å². The van der Waals surface area contributed by atoms with Gasteiger partial charge in [-0.1, -0.05) is 9.32 Å². The van der Waals surface area contributed by atoms with E-state index in [0.29, 0.717) is 0 Å². The highest BCUT2D eigenvalue weighted by Gasteiger charge is 1.95. The van der Waals surface area contributed by atoms with E-state index in [9.17, 15) is 4.21 Å². The van der Waals surface area contributed by atoms with Gasteiger partial charge in [0.15, 0.2) is 0 Å². The molecule has 0 amide bonds. The van der Waals surface area contributed by atoms with Gasteiger partial charge in [0.1, 0.15) is 0 Å². The second-order valence-electron chi connectivity index (χ2n) is 1.41. The van der Waals surface area contributed by atoms with Crippen molar-refractivity contribution in [3.8, 4) is 0 Å². The summed E-state index contributed by atoms with van der Waals surface area (Å²) in [5.74, 6) is 0.274. The largest absolute Gasteiger partial charge is 0.332 e. The lowest BCUT2D eigenvalue weighted by molar-refractivity contribution is -0.174. The van der Waals surface area contributed by atoms with Crippen molar-refractivity contribution in [1.29, 1.82) is 0 Å². The molecule has 0 radical (unpaired) electrons. The first-order valence-corrected chi connectivity index (χ1v) is 3.52. The van der Waals surface area contributed by atoms with Gasteiger partial charge in [0, 0.05) is 12.4 Å². The Labute approximate surface area is 64.1 Å². The SMILES string of the molecule is O=S(O)OONc1ncc[nH]1. The molecule has 11 heavy (non-hydrogen) atoms. The fourth-order valence-corrected chi connectivity index (χ4v) is 0.499. The van der Waals surface area contributed by atoms with Crippen LogP contribution in [-0.2, 0) is 20.7 Å². The smallest absolute Gasteiger partial charge is 0.329 e. The van der Waals surface area contributed by atoms with Crippen molar-refractivity contribution in [3.63, 3.8) is 0 Å². The van der Waals surface area contributed by atoms with Gasteiger partial charge in [-0.05, 0) is 0 Å². The molecule has 0 aliphatic rings. The Hall–Kier alpha value is -0.960. The number of rotatable bonds is 4. The Morgan fingerprint density at radius 2 is 2.64 bits per heavy atom. The Morgan fingerprint density at radius 3 is 3.18 bits per heavy atom. The van der Waals surface area contributed by atoms with Crippen molar-refractivity contribution in [2.45, 2.75) is 0 Å². The molecule has 8 heteroatoms. The second kappa shape index (κ2) is 4.03. The average molecular weight is 179 g/mol. The summed E-state index contributed by atoms with van der Waals surface area (Å²) in [4.78, 5) is 10.3. The van der Waals surface area contributed by atoms with Crippen LogP contribution in [0.2, 0.25) is 0 Å². The van der Waals surface area contributed by atoms with Crippen molar-refractivity contribution < 1.29 is 18.1 Å². The van der Waals surface area contributed by atoms with Gasteiger partial charge in [-0.3, -0.25) is 4.55 Å². The predicted octanol–water partition coefficient (Wildman–Crippen LogP) is -0.179. The van der Waals surface area contributed by atoms with Gasteiger partial charge in [0.2, 0.25) is 5.95 Å². The molecule has 0 saturated heterocycles. The fourth-order valence-electron chi connectivity index (χ4n) is 0.407. The summed E-state index contributed by atoms with van der Waals surface area (Å²) in [5, 5.41) is 0. The second-order valence-corrected chi connectivity index (χ2v) is 1.98. The number of nitrogens with one attached hydrogen (secondary N) is 2. The molecule has 1 heterocycles. The molecule has 0 aliphatic carbocycles. The number of anilines is 1. The normalized spacial score (nSPS) is 12.8. The van der Waals surface area contributed by atoms with Crippen LogP contribution >= 0.6 is 0 Å². The molecular formula is C3H5N3O4S. The molecule has 0 aromatic carbocycles. The molecule has 3 N–H and O–H groups in total. The van der Waals surface area contributed by atoms with Crippen LogP contribution in [0, 0.1) is 0 Å². The van der Waals surface area contributed by atoms with E-state index in [-0.39, 0.29) is 5.95 Å².